The minimum absolute atomic E-state index is 0.264. The Hall–Kier alpha value is -1.73. The van der Waals surface area contributed by atoms with E-state index in [2.05, 4.69) is 28.5 Å². The van der Waals surface area contributed by atoms with Gasteiger partial charge in [0.05, 0.1) is 0 Å². The molecule has 3 atom stereocenters. The quantitative estimate of drug-likeness (QED) is 0.728. The number of carbonyl (C=O) groups is 1. The molecule has 0 saturated carbocycles. The third-order valence-electron chi connectivity index (χ3n) is 7.08. The summed E-state index contributed by atoms with van der Waals surface area (Å²) >= 11 is 0. The lowest BCUT2D eigenvalue weighted by Gasteiger charge is -2.43. The van der Waals surface area contributed by atoms with Crippen molar-refractivity contribution in [3.8, 4) is 0 Å². The molecular formula is C22H36N6O. The summed E-state index contributed by atoms with van der Waals surface area (Å²) in [6.07, 6.45) is 8.33. The van der Waals surface area contributed by atoms with Crippen molar-refractivity contribution in [3.63, 3.8) is 0 Å². The van der Waals surface area contributed by atoms with Crippen LogP contribution in [-0.2, 0) is 11.3 Å². The van der Waals surface area contributed by atoms with Gasteiger partial charge < -0.3 is 9.80 Å². The lowest BCUT2D eigenvalue weighted by molar-refractivity contribution is -0.132. The predicted octanol–water partition coefficient (Wildman–Crippen LogP) is 1.98. The van der Waals surface area contributed by atoms with E-state index in [1.165, 1.54) is 19.3 Å². The molecule has 0 spiro atoms. The third kappa shape index (κ3) is 4.40. The van der Waals surface area contributed by atoms with Gasteiger partial charge in [0.25, 0.3) is 0 Å². The SMILES string of the molecule is CCC(=O)N1CCN(Cc2cnc(N3C4CCC3CN(C(C)CC)C4)nc2)CC1. The van der Waals surface area contributed by atoms with E-state index in [9.17, 15) is 4.79 Å². The van der Waals surface area contributed by atoms with Gasteiger partial charge in [0.1, 0.15) is 0 Å². The first kappa shape index (κ1) is 20.5. The van der Waals surface area contributed by atoms with Gasteiger partial charge in [-0.1, -0.05) is 13.8 Å². The maximum absolute atomic E-state index is 11.8. The standard InChI is InChI=1S/C22H36N6O/c1-4-17(3)27-15-19-6-7-20(16-27)28(19)22-23-12-18(13-24-22)14-25-8-10-26(11-9-25)21(29)5-2/h12-13,17,19-20H,4-11,14-16H2,1-3H3. The van der Waals surface area contributed by atoms with Crippen LogP contribution in [0.5, 0.6) is 0 Å². The van der Waals surface area contributed by atoms with Gasteiger partial charge in [-0.3, -0.25) is 14.6 Å². The smallest absolute Gasteiger partial charge is 0.225 e. The lowest BCUT2D eigenvalue weighted by Crippen LogP contribution is -2.56. The number of hydrogen-bond acceptors (Lipinski definition) is 6. The van der Waals surface area contributed by atoms with E-state index in [0.29, 0.717) is 24.5 Å². The van der Waals surface area contributed by atoms with Crippen molar-refractivity contribution in [3.05, 3.63) is 18.0 Å². The van der Waals surface area contributed by atoms with E-state index >= 15 is 0 Å². The van der Waals surface area contributed by atoms with Crippen LogP contribution >= 0.6 is 0 Å². The Balaban J connectivity index is 1.33. The molecule has 29 heavy (non-hydrogen) atoms. The van der Waals surface area contributed by atoms with Crippen LogP contribution in [0.1, 0.15) is 52.0 Å². The van der Waals surface area contributed by atoms with Crippen molar-refractivity contribution in [2.75, 3.05) is 44.2 Å². The number of aromatic nitrogens is 2. The van der Waals surface area contributed by atoms with E-state index in [4.69, 9.17) is 9.97 Å². The maximum atomic E-state index is 11.8. The molecule has 1 aromatic rings. The molecular weight excluding hydrogens is 364 g/mol. The number of likely N-dealkylation sites (tertiary alicyclic amines) is 1. The van der Waals surface area contributed by atoms with Gasteiger partial charge in [-0.25, -0.2) is 9.97 Å². The molecule has 3 fully saturated rings. The molecule has 3 saturated heterocycles. The van der Waals surface area contributed by atoms with E-state index in [0.717, 1.165) is 57.3 Å². The van der Waals surface area contributed by atoms with E-state index in [-0.39, 0.29) is 5.91 Å². The average Bonchev–Trinajstić information content (AvgIpc) is 3.02. The van der Waals surface area contributed by atoms with E-state index in [1.807, 2.05) is 24.2 Å². The molecule has 1 amide bonds. The Labute approximate surface area is 175 Å². The number of carbonyl (C=O) groups excluding carboxylic acids is 1. The van der Waals surface area contributed by atoms with Crippen LogP contribution in [0.4, 0.5) is 5.95 Å². The molecule has 0 radical (unpaired) electrons. The Bertz CT molecular complexity index is 673. The zero-order chi connectivity index (χ0) is 20.4. The molecule has 3 aliphatic heterocycles. The lowest BCUT2D eigenvalue weighted by atomic mass is 10.1. The number of fused-ring (bicyclic) bond motifs is 2. The van der Waals surface area contributed by atoms with Crippen molar-refractivity contribution in [2.45, 2.75) is 71.1 Å². The second-order valence-electron chi connectivity index (χ2n) is 8.91. The van der Waals surface area contributed by atoms with Gasteiger partial charge >= 0.3 is 0 Å². The molecule has 1 aromatic heterocycles. The summed E-state index contributed by atoms with van der Waals surface area (Å²) in [6, 6.07) is 1.77. The molecule has 0 aromatic carbocycles. The molecule has 160 valence electrons. The van der Waals surface area contributed by atoms with Gasteiger partial charge in [0.15, 0.2) is 0 Å². The van der Waals surface area contributed by atoms with Crippen LogP contribution in [0.15, 0.2) is 12.4 Å². The minimum Gasteiger partial charge on any atom is -0.340 e. The first-order valence-corrected chi connectivity index (χ1v) is 11.4. The summed E-state index contributed by atoms with van der Waals surface area (Å²) in [5, 5.41) is 0. The Morgan fingerprint density at radius 3 is 2.24 bits per heavy atom. The number of hydrogen-bond donors (Lipinski definition) is 0. The molecule has 4 rings (SSSR count). The number of amides is 1. The summed E-state index contributed by atoms with van der Waals surface area (Å²) in [4.78, 5) is 30.9. The highest BCUT2D eigenvalue weighted by molar-refractivity contribution is 5.75. The minimum atomic E-state index is 0.264. The molecule has 2 bridgehead atoms. The van der Waals surface area contributed by atoms with Crippen LogP contribution in [0.25, 0.3) is 0 Å². The normalized spacial score (nSPS) is 26.7. The monoisotopic (exact) mass is 400 g/mol. The molecule has 0 aliphatic carbocycles. The predicted molar refractivity (Wildman–Crippen MR) is 115 cm³/mol. The Kier molecular flexibility index (Phi) is 6.35. The van der Waals surface area contributed by atoms with Gasteiger partial charge in [-0.2, -0.15) is 0 Å². The summed E-state index contributed by atoms with van der Waals surface area (Å²) in [5.74, 6) is 1.17. The van der Waals surface area contributed by atoms with Crippen LogP contribution < -0.4 is 4.90 Å². The van der Waals surface area contributed by atoms with Gasteiger partial charge in [0.2, 0.25) is 11.9 Å². The topological polar surface area (TPSA) is 55.8 Å². The fourth-order valence-corrected chi connectivity index (χ4v) is 5.08. The zero-order valence-electron chi connectivity index (χ0n) is 18.3. The molecule has 0 N–H and O–H groups in total. The average molecular weight is 401 g/mol. The van der Waals surface area contributed by atoms with Crippen LogP contribution in [0, 0.1) is 0 Å². The van der Waals surface area contributed by atoms with E-state index in [1.54, 1.807) is 0 Å². The highest BCUT2D eigenvalue weighted by atomic mass is 16.2. The highest BCUT2D eigenvalue weighted by Gasteiger charge is 2.42. The fraction of sp³-hybridized carbons (Fsp3) is 0.773. The Morgan fingerprint density at radius 1 is 1.07 bits per heavy atom. The number of anilines is 1. The van der Waals surface area contributed by atoms with Crippen LogP contribution in [-0.4, -0.2) is 88.0 Å². The fourth-order valence-electron chi connectivity index (χ4n) is 5.08. The maximum Gasteiger partial charge on any atom is 0.225 e. The number of nitrogens with zero attached hydrogens (tertiary/aromatic N) is 6. The first-order valence-electron chi connectivity index (χ1n) is 11.4. The second kappa shape index (κ2) is 8.96. The molecule has 3 aliphatic rings. The van der Waals surface area contributed by atoms with Crippen molar-refractivity contribution in [1.82, 2.24) is 24.7 Å². The van der Waals surface area contributed by atoms with Crippen LogP contribution in [0.3, 0.4) is 0 Å². The van der Waals surface area contributed by atoms with Crippen molar-refractivity contribution >= 4 is 11.9 Å². The van der Waals surface area contributed by atoms with Crippen LogP contribution in [0.2, 0.25) is 0 Å². The Morgan fingerprint density at radius 2 is 1.69 bits per heavy atom. The van der Waals surface area contributed by atoms with Crippen molar-refractivity contribution in [1.29, 1.82) is 0 Å². The second-order valence-corrected chi connectivity index (χ2v) is 8.91. The molecule has 4 heterocycles. The van der Waals surface area contributed by atoms with E-state index < -0.39 is 0 Å². The number of piperazine rings is 2. The molecule has 7 heteroatoms. The summed E-state index contributed by atoms with van der Waals surface area (Å²) in [6.45, 7) is 13.2. The molecule has 7 nitrogen and oxygen atoms in total. The largest absolute Gasteiger partial charge is 0.340 e. The van der Waals surface area contributed by atoms with Gasteiger partial charge in [-0.15, -0.1) is 0 Å². The van der Waals surface area contributed by atoms with Gasteiger partial charge in [0, 0.05) is 88.3 Å². The summed E-state index contributed by atoms with van der Waals surface area (Å²) in [5.41, 5.74) is 1.16. The summed E-state index contributed by atoms with van der Waals surface area (Å²) < 4.78 is 0. The van der Waals surface area contributed by atoms with Gasteiger partial charge in [-0.05, 0) is 26.2 Å². The summed E-state index contributed by atoms with van der Waals surface area (Å²) in [7, 11) is 0. The zero-order valence-corrected chi connectivity index (χ0v) is 18.3. The first-order chi connectivity index (χ1) is 14.1. The third-order valence-corrected chi connectivity index (χ3v) is 7.08. The number of rotatable bonds is 6. The van der Waals surface area contributed by atoms with Crippen molar-refractivity contribution < 1.29 is 4.79 Å². The van der Waals surface area contributed by atoms with Crippen molar-refractivity contribution in [2.24, 2.45) is 0 Å². The highest BCUT2D eigenvalue weighted by Crippen LogP contribution is 2.33. The molecule has 3 unspecified atom stereocenters.